The van der Waals surface area contributed by atoms with E-state index < -0.39 is 11.6 Å². The van der Waals surface area contributed by atoms with Crippen molar-refractivity contribution < 1.29 is 8.78 Å². The normalized spacial score (nSPS) is 19.5. The van der Waals surface area contributed by atoms with Crippen molar-refractivity contribution in [2.75, 3.05) is 0 Å². The Hall–Kier alpha value is -1.00. The monoisotopic (exact) mass is 226 g/mol. The van der Waals surface area contributed by atoms with Gasteiger partial charge in [-0.2, -0.15) is 0 Å². The molecule has 0 radical (unpaired) electrons. The first-order valence-electron chi connectivity index (χ1n) is 5.54. The molecule has 4 heteroatoms. The van der Waals surface area contributed by atoms with Crippen LogP contribution in [0.25, 0.3) is 0 Å². The SMILES string of the molecule is CC(C1CC1)C(NN)c1ccc(F)cc1F. The van der Waals surface area contributed by atoms with Gasteiger partial charge in [0.25, 0.3) is 0 Å². The zero-order valence-electron chi connectivity index (χ0n) is 9.21. The lowest BCUT2D eigenvalue weighted by Crippen LogP contribution is -2.34. The first-order valence-corrected chi connectivity index (χ1v) is 5.54. The van der Waals surface area contributed by atoms with E-state index in [1.165, 1.54) is 25.0 Å². The highest BCUT2D eigenvalue weighted by Gasteiger charge is 2.34. The fraction of sp³-hybridized carbons (Fsp3) is 0.500. The van der Waals surface area contributed by atoms with Crippen LogP contribution in [-0.4, -0.2) is 0 Å². The van der Waals surface area contributed by atoms with E-state index in [2.05, 4.69) is 5.43 Å². The van der Waals surface area contributed by atoms with Crippen LogP contribution in [0.4, 0.5) is 8.78 Å². The summed E-state index contributed by atoms with van der Waals surface area (Å²) in [5.41, 5.74) is 3.08. The minimum atomic E-state index is -0.559. The lowest BCUT2D eigenvalue weighted by atomic mass is 9.91. The van der Waals surface area contributed by atoms with Crippen LogP contribution in [0.2, 0.25) is 0 Å². The smallest absolute Gasteiger partial charge is 0.130 e. The number of hydrogen-bond acceptors (Lipinski definition) is 2. The zero-order chi connectivity index (χ0) is 11.7. The summed E-state index contributed by atoms with van der Waals surface area (Å²) in [4.78, 5) is 0. The van der Waals surface area contributed by atoms with Crippen molar-refractivity contribution in [3.63, 3.8) is 0 Å². The van der Waals surface area contributed by atoms with Gasteiger partial charge in [0.15, 0.2) is 0 Å². The standard InChI is InChI=1S/C12H16F2N2/c1-7(8-2-3-8)12(16-15)10-5-4-9(13)6-11(10)14/h4-8,12,16H,2-3,15H2,1H3. The van der Waals surface area contributed by atoms with Crippen molar-refractivity contribution in [2.45, 2.75) is 25.8 Å². The topological polar surface area (TPSA) is 38.0 Å². The van der Waals surface area contributed by atoms with Crippen molar-refractivity contribution in [1.29, 1.82) is 0 Å². The van der Waals surface area contributed by atoms with Crippen molar-refractivity contribution in [1.82, 2.24) is 5.43 Å². The summed E-state index contributed by atoms with van der Waals surface area (Å²) in [6, 6.07) is 3.39. The number of rotatable bonds is 4. The Balaban J connectivity index is 2.24. The summed E-state index contributed by atoms with van der Waals surface area (Å²) in [7, 11) is 0. The average molecular weight is 226 g/mol. The molecule has 1 aliphatic carbocycles. The molecule has 1 fully saturated rings. The third-order valence-corrected chi connectivity index (χ3v) is 3.37. The number of benzene rings is 1. The second-order valence-electron chi connectivity index (χ2n) is 4.51. The van der Waals surface area contributed by atoms with Gasteiger partial charge in [-0.05, 0) is 30.7 Å². The van der Waals surface area contributed by atoms with Crippen LogP contribution >= 0.6 is 0 Å². The van der Waals surface area contributed by atoms with Crippen LogP contribution in [0.1, 0.15) is 31.4 Å². The Morgan fingerprint density at radius 3 is 2.56 bits per heavy atom. The molecule has 88 valence electrons. The van der Waals surface area contributed by atoms with Gasteiger partial charge in [-0.1, -0.05) is 13.0 Å². The molecule has 2 rings (SSSR count). The Morgan fingerprint density at radius 1 is 1.38 bits per heavy atom. The number of hydrogen-bond donors (Lipinski definition) is 2. The average Bonchev–Trinajstić information content (AvgIpc) is 3.05. The summed E-state index contributed by atoms with van der Waals surface area (Å²) in [6.45, 7) is 2.05. The maximum atomic E-state index is 13.6. The van der Waals surface area contributed by atoms with E-state index in [9.17, 15) is 8.78 Å². The third kappa shape index (κ3) is 2.23. The molecule has 1 saturated carbocycles. The molecule has 0 spiro atoms. The predicted octanol–water partition coefficient (Wildman–Crippen LogP) is 2.52. The Labute approximate surface area is 93.8 Å². The summed E-state index contributed by atoms with van der Waals surface area (Å²) in [5, 5.41) is 0. The van der Waals surface area contributed by atoms with Crippen LogP contribution in [0.5, 0.6) is 0 Å². The van der Waals surface area contributed by atoms with Crippen molar-refractivity contribution in [2.24, 2.45) is 17.7 Å². The van der Waals surface area contributed by atoms with Crippen LogP contribution in [0, 0.1) is 23.5 Å². The molecular weight excluding hydrogens is 210 g/mol. The lowest BCUT2D eigenvalue weighted by molar-refractivity contribution is 0.343. The van der Waals surface area contributed by atoms with Gasteiger partial charge in [-0.15, -0.1) is 0 Å². The predicted molar refractivity (Wildman–Crippen MR) is 58.3 cm³/mol. The fourth-order valence-corrected chi connectivity index (χ4v) is 2.17. The Morgan fingerprint density at radius 2 is 2.06 bits per heavy atom. The van der Waals surface area contributed by atoms with Gasteiger partial charge >= 0.3 is 0 Å². The quantitative estimate of drug-likeness (QED) is 0.611. The summed E-state index contributed by atoms with van der Waals surface area (Å²) < 4.78 is 26.4. The maximum Gasteiger partial charge on any atom is 0.130 e. The van der Waals surface area contributed by atoms with Gasteiger partial charge in [-0.3, -0.25) is 11.3 Å². The maximum absolute atomic E-state index is 13.6. The van der Waals surface area contributed by atoms with Gasteiger partial charge in [0.05, 0.1) is 6.04 Å². The van der Waals surface area contributed by atoms with E-state index in [0.29, 0.717) is 11.5 Å². The van der Waals surface area contributed by atoms with E-state index in [0.717, 1.165) is 6.07 Å². The highest BCUT2D eigenvalue weighted by atomic mass is 19.1. The highest BCUT2D eigenvalue weighted by molar-refractivity contribution is 5.23. The molecule has 0 bridgehead atoms. The van der Waals surface area contributed by atoms with E-state index in [1.807, 2.05) is 6.92 Å². The van der Waals surface area contributed by atoms with Gasteiger partial charge in [0, 0.05) is 11.6 Å². The summed E-state index contributed by atoms with van der Waals surface area (Å²) >= 11 is 0. The van der Waals surface area contributed by atoms with Gasteiger partial charge in [-0.25, -0.2) is 8.78 Å². The molecule has 1 aliphatic rings. The molecule has 0 heterocycles. The molecule has 3 N–H and O–H groups in total. The van der Waals surface area contributed by atoms with Crippen LogP contribution in [0.15, 0.2) is 18.2 Å². The van der Waals surface area contributed by atoms with Crippen LogP contribution in [0.3, 0.4) is 0 Å². The Bertz CT molecular complexity index is 377. The van der Waals surface area contributed by atoms with E-state index in [-0.39, 0.29) is 12.0 Å². The van der Waals surface area contributed by atoms with E-state index >= 15 is 0 Å². The number of nitrogens with one attached hydrogen (secondary N) is 1. The second kappa shape index (κ2) is 4.47. The number of hydrazine groups is 1. The minimum Gasteiger partial charge on any atom is -0.271 e. The molecule has 16 heavy (non-hydrogen) atoms. The van der Waals surface area contributed by atoms with Gasteiger partial charge in [0.1, 0.15) is 11.6 Å². The van der Waals surface area contributed by atoms with Crippen LogP contribution < -0.4 is 11.3 Å². The highest BCUT2D eigenvalue weighted by Crippen LogP contribution is 2.42. The number of nitrogens with two attached hydrogens (primary N) is 1. The van der Waals surface area contributed by atoms with Gasteiger partial charge < -0.3 is 0 Å². The molecule has 0 amide bonds. The van der Waals surface area contributed by atoms with Gasteiger partial charge in [0.2, 0.25) is 0 Å². The Kier molecular flexibility index (Phi) is 3.21. The largest absolute Gasteiger partial charge is 0.271 e. The molecule has 0 saturated heterocycles. The zero-order valence-corrected chi connectivity index (χ0v) is 9.21. The second-order valence-corrected chi connectivity index (χ2v) is 4.51. The molecule has 0 aliphatic heterocycles. The van der Waals surface area contributed by atoms with E-state index in [1.54, 1.807) is 0 Å². The molecular formula is C12H16F2N2. The van der Waals surface area contributed by atoms with Crippen molar-refractivity contribution in [3.8, 4) is 0 Å². The van der Waals surface area contributed by atoms with Crippen molar-refractivity contribution >= 4 is 0 Å². The molecule has 1 aromatic rings. The third-order valence-electron chi connectivity index (χ3n) is 3.37. The molecule has 0 aromatic heterocycles. The van der Waals surface area contributed by atoms with Crippen LogP contribution in [-0.2, 0) is 0 Å². The summed E-state index contributed by atoms with van der Waals surface area (Å²) in [5.74, 6) is 5.25. The number of halogens is 2. The minimum absolute atomic E-state index is 0.243. The van der Waals surface area contributed by atoms with Crippen molar-refractivity contribution in [3.05, 3.63) is 35.4 Å². The van der Waals surface area contributed by atoms with E-state index in [4.69, 9.17) is 5.84 Å². The first kappa shape index (κ1) is 11.5. The molecule has 1 aromatic carbocycles. The summed E-state index contributed by atoms with van der Waals surface area (Å²) in [6.07, 6.45) is 2.34. The first-order chi connectivity index (χ1) is 7.63. The molecule has 2 atom stereocenters. The molecule has 2 unspecified atom stereocenters. The lowest BCUT2D eigenvalue weighted by Gasteiger charge is -2.23. The molecule has 2 nitrogen and oxygen atoms in total. The fourth-order valence-electron chi connectivity index (χ4n) is 2.17.